The largest absolute Gasteiger partial charge is 0.465 e. The lowest BCUT2D eigenvalue weighted by atomic mass is 10.2. The highest BCUT2D eigenvalue weighted by Crippen LogP contribution is 2.26. The Balaban J connectivity index is 2.26. The summed E-state index contributed by atoms with van der Waals surface area (Å²) >= 11 is 5.84. The van der Waals surface area contributed by atoms with Gasteiger partial charge in [-0.2, -0.15) is 0 Å². The smallest absolute Gasteiger partial charge is 0.337 e. The topological polar surface area (TPSA) is 64.3 Å². The Morgan fingerprint density at radius 2 is 2.05 bits per heavy atom. The van der Waals surface area contributed by atoms with E-state index in [0.29, 0.717) is 16.3 Å². The second-order valence-electron chi connectivity index (χ2n) is 3.93. The second-order valence-corrected chi connectivity index (χ2v) is 4.37. The molecule has 0 saturated carbocycles. The zero-order valence-corrected chi connectivity index (χ0v) is 11.1. The maximum atomic E-state index is 11.4. The molecule has 2 rings (SSSR count). The van der Waals surface area contributed by atoms with E-state index in [1.807, 2.05) is 6.07 Å². The molecule has 0 heterocycles. The van der Waals surface area contributed by atoms with Crippen LogP contribution in [0.3, 0.4) is 0 Å². The van der Waals surface area contributed by atoms with E-state index in [1.165, 1.54) is 7.11 Å². The maximum Gasteiger partial charge on any atom is 0.337 e. The van der Waals surface area contributed by atoms with Crippen LogP contribution in [0.1, 0.15) is 10.4 Å². The minimum Gasteiger partial charge on any atom is -0.465 e. The summed E-state index contributed by atoms with van der Waals surface area (Å²) in [7, 11) is 1.35. The van der Waals surface area contributed by atoms with E-state index >= 15 is 0 Å². The van der Waals surface area contributed by atoms with Gasteiger partial charge in [-0.15, -0.1) is 0 Å². The van der Waals surface area contributed by atoms with Gasteiger partial charge in [0.15, 0.2) is 0 Å². The molecule has 19 heavy (non-hydrogen) atoms. The number of ether oxygens (including phenoxy) is 1. The summed E-state index contributed by atoms with van der Waals surface area (Å²) < 4.78 is 4.67. The normalized spacial score (nSPS) is 10.0. The monoisotopic (exact) mass is 276 g/mol. The summed E-state index contributed by atoms with van der Waals surface area (Å²) in [6.07, 6.45) is 0. The van der Waals surface area contributed by atoms with Crippen LogP contribution in [0.15, 0.2) is 42.5 Å². The molecule has 0 bridgehead atoms. The van der Waals surface area contributed by atoms with Gasteiger partial charge in [0.25, 0.3) is 0 Å². The number of hydrogen-bond acceptors (Lipinski definition) is 4. The van der Waals surface area contributed by atoms with E-state index < -0.39 is 0 Å². The summed E-state index contributed by atoms with van der Waals surface area (Å²) in [5.41, 5.74) is 8.34. The molecular formula is C14H13ClN2O2. The third kappa shape index (κ3) is 3.17. The van der Waals surface area contributed by atoms with Crippen molar-refractivity contribution in [2.24, 2.45) is 0 Å². The van der Waals surface area contributed by atoms with Crippen LogP contribution in [-0.4, -0.2) is 13.1 Å². The summed E-state index contributed by atoms with van der Waals surface area (Å²) in [6.45, 7) is 0. The average molecular weight is 277 g/mol. The maximum absolute atomic E-state index is 11.4. The van der Waals surface area contributed by atoms with Crippen LogP contribution in [0.5, 0.6) is 0 Å². The number of hydrogen-bond donors (Lipinski definition) is 2. The summed E-state index contributed by atoms with van der Waals surface area (Å²) in [5, 5.41) is 3.70. The molecule has 3 N–H and O–H groups in total. The van der Waals surface area contributed by atoms with Gasteiger partial charge in [0.1, 0.15) is 0 Å². The first-order valence-corrected chi connectivity index (χ1v) is 5.98. The van der Waals surface area contributed by atoms with Crippen molar-refractivity contribution >= 4 is 34.6 Å². The second kappa shape index (κ2) is 5.63. The molecule has 5 heteroatoms. The quantitative estimate of drug-likeness (QED) is 0.666. The Hall–Kier alpha value is -2.20. The molecule has 0 saturated heterocycles. The number of methoxy groups -OCH3 is 1. The van der Waals surface area contributed by atoms with Gasteiger partial charge in [-0.05, 0) is 36.4 Å². The lowest BCUT2D eigenvalue weighted by Gasteiger charge is -2.10. The predicted octanol–water partition coefficient (Wildman–Crippen LogP) is 3.45. The van der Waals surface area contributed by atoms with Crippen LogP contribution in [-0.2, 0) is 4.74 Å². The highest BCUT2D eigenvalue weighted by Gasteiger charge is 2.06. The number of esters is 1. The molecule has 0 amide bonds. The molecule has 0 fully saturated rings. The molecule has 0 radical (unpaired) electrons. The van der Waals surface area contributed by atoms with Crippen LogP contribution in [0.4, 0.5) is 17.1 Å². The molecule has 2 aromatic rings. The third-order valence-corrected chi connectivity index (χ3v) is 2.81. The fraction of sp³-hybridized carbons (Fsp3) is 0.0714. The number of benzene rings is 2. The highest BCUT2D eigenvalue weighted by atomic mass is 35.5. The van der Waals surface area contributed by atoms with Crippen molar-refractivity contribution < 1.29 is 9.53 Å². The van der Waals surface area contributed by atoms with Gasteiger partial charge in [-0.3, -0.25) is 0 Å². The molecule has 0 aliphatic carbocycles. The Kier molecular flexibility index (Phi) is 3.92. The fourth-order valence-corrected chi connectivity index (χ4v) is 1.83. The van der Waals surface area contributed by atoms with Crippen molar-refractivity contribution in [2.75, 3.05) is 18.2 Å². The molecule has 0 unspecified atom stereocenters. The zero-order chi connectivity index (χ0) is 13.8. The zero-order valence-electron chi connectivity index (χ0n) is 10.3. The van der Waals surface area contributed by atoms with Gasteiger partial charge in [0.05, 0.1) is 24.0 Å². The van der Waals surface area contributed by atoms with Crippen molar-refractivity contribution in [3.8, 4) is 0 Å². The van der Waals surface area contributed by atoms with E-state index in [2.05, 4.69) is 10.1 Å². The molecule has 0 spiro atoms. The molecular weight excluding hydrogens is 264 g/mol. The first-order valence-electron chi connectivity index (χ1n) is 5.60. The Labute approximate surface area is 116 Å². The first-order chi connectivity index (χ1) is 9.10. The van der Waals surface area contributed by atoms with Crippen LogP contribution in [0, 0.1) is 0 Å². The Morgan fingerprint density at radius 3 is 2.74 bits per heavy atom. The summed E-state index contributed by atoms with van der Waals surface area (Å²) in [5.74, 6) is -0.382. The van der Waals surface area contributed by atoms with Crippen molar-refractivity contribution in [3.05, 3.63) is 53.1 Å². The molecule has 0 atom stereocenters. The number of rotatable bonds is 3. The van der Waals surface area contributed by atoms with Gasteiger partial charge in [-0.1, -0.05) is 17.7 Å². The summed E-state index contributed by atoms with van der Waals surface area (Å²) in [4.78, 5) is 11.4. The minimum absolute atomic E-state index is 0.382. The van der Waals surface area contributed by atoms with E-state index in [0.717, 1.165) is 11.4 Å². The number of nitrogens with two attached hydrogens (primary N) is 1. The number of carbonyl (C=O) groups is 1. The van der Waals surface area contributed by atoms with Gasteiger partial charge in [0, 0.05) is 10.7 Å². The fourth-order valence-electron chi connectivity index (χ4n) is 1.64. The van der Waals surface area contributed by atoms with Crippen molar-refractivity contribution in [1.29, 1.82) is 0 Å². The number of nitrogens with one attached hydrogen (secondary N) is 1. The van der Waals surface area contributed by atoms with Gasteiger partial charge in [-0.25, -0.2) is 4.79 Å². The molecule has 4 nitrogen and oxygen atoms in total. The van der Waals surface area contributed by atoms with Crippen LogP contribution in [0.25, 0.3) is 0 Å². The van der Waals surface area contributed by atoms with E-state index in [9.17, 15) is 4.79 Å². The molecule has 2 aromatic carbocycles. The Bertz CT molecular complexity index is 614. The molecule has 0 aliphatic rings. The molecule has 0 aliphatic heterocycles. The summed E-state index contributed by atoms with van der Waals surface area (Å²) in [6, 6.07) is 12.2. The van der Waals surface area contributed by atoms with Gasteiger partial charge in [0.2, 0.25) is 0 Å². The van der Waals surface area contributed by atoms with Crippen molar-refractivity contribution in [1.82, 2.24) is 0 Å². The Morgan fingerprint density at radius 1 is 1.26 bits per heavy atom. The van der Waals surface area contributed by atoms with E-state index in [1.54, 1.807) is 36.4 Å². The van der Waals surface area contributed by atoms with Crippen molar-refractivity contribution in [3.63, 3.8) is 0 Å². The van der Waals surface area contributed by atoms with Gasteiger partial charge >= 0.3 is 5.97 Å². The number of halogens is 1. The standard InChI is InChI=1S/C14H13ClN2O2/c1-19-14(18)9-3-2-4-11(7-9)17-13-6-5-10(15)8-12(13)16/h2-8,17H,16H2,1H3. The first kappa shape index (κ1) is 13.2. The minimum atomic E-state index is -0.382. The van der Waals surface area contributed by atoms with Crippen LogP contribution in [0.2, 0.25) is 5.02 Å². The number of carbonyl (C=O) groups excluding carboxylic acids is 1. The van der Waals surface area contributed by atoms with Crippen LogP contribution >= 0.6 is 11.6 Å². The highest BCUT2D eigenvalue weighted by molar-refractivity contribution is 6.31. The third-order valence-electron chi connectivity index (χ3n) is 2.58. The SMILES string of the molecule is COC(=O)c1cccc(Nc2ccc(Cl)cc2N)c1. The molecule has 0 aromatic heterocycles. The number of anilines is 3. The van der Waals surface area contributed by atoms with E-state index in [4.69, 9.17) is 17.3 Å². The van der Waals surface area contributed by atoms with Gasteiger partial charge < -0.3 is 15.8 Å². The number of nitrogen functional groups attached to an aromatic ring is 1. The average Bonchev–Trinajstić information content (AvgIpc) is 2.41. The lowest BCUT2D eigenvalue weighted by molar-refractivity contribution is 0.0601. The molecule has 98 valence electrons. The predicted molar refractivity (Wildman–Crippen MR) is 76.9 cm³/mol. The van der Waals surface area contributed by atoms with E-state index in [-0.39, 0.29) is 5.97 Å². The van der Waals surface area contributed by atoms with Crippen LogP contribution < -0.4 is 11.1 Å². The lowest BCUT2D eigenvalue weighted by Crippen LogP contribution is -2.02. The van der Waals surface area contributed by atoms with Crippen molar-refractivity contribution in [2.45, 2.75) is 0 Å².